The maximum atomic E-state index is 13.5. The van der Waals surface area contributed by atoms with Crippen LogP contribution in [0.1, 0.15) is 11.1 Å². The average Bonchev–Trinajstić information content (AvgIpc) is 2.91. The van der Waals surface area contributed by atoms with Gasteiger partial charge in [0.2, 0.25) is 0 Å². The minimum atomic E-state index is -3.77. The number of nitrogens with zero attached hydrogens (tertiary/aromatic N) is 2. The summed E-state index contributed by atoms with van der Waals surface area (Å²) >= 11 is 0. The zero-order valence-electron chi connectivity index (χ0n) is 19.5. The van der Waals surface area contributed by atoms with Gasteiger partial charge in [-0.25, -0.2) is 8.42 Å². The number of benzene rings is 4. The molecule has 0 spiro atoms. The van der Waals surface area contributed by atoms with Crippen molar-refractivity contribution in [3.63, 3.8) is 0 Å². The van der Waals surface area contributed by atoms with Crippen LogP contribution in [0.3, 0.4) is 0 Å². The Bertz CT molecular complexity index is 1390. The molecule has 0 amide bonds. The molecule has 35 heavy (non-hydrogen) atoms. The molecular formula is C28H26N2O4S. The molecule has 0 radical (unpaired) electrons. The molecule has 0 bridgehead atoms. The number of anilines is 1. The van der Waals surface area contributed by atoms with Crippen LogP contribution in [-0.4, -0.2) is 28.9 Å². The van der Waals surface area contributed by atoms with Crippen LogP contribution in [-0.2, 0) is 16.6 Å². The highest BCUT2D eigenvalue weighted by molar-refractivity contribution is 7.92. The van der Waals surface area contributed by atoms with E-state index in [-0.39, 0.29) is 11.4 Å². The van der Waals surface area contributed by atoms with Gasteiger partial charge in [0, 0.05) is 11.8 Å². The molecule has 7 heteroatoms. The second-order valence-electron chi connectivity index (χ2n) is 7.69. The standard InChI is InChI=1S/C28H26N2O4S/c1-33-26-17-18-28(34-2)23(19-26)20-29-24-13-15-25(16-14-24)30(21-22-9-5-3-6-10-22)35(31,32)27-11-7-4-8-12-27/h3-20H,21H2,1-2H3. The van der Waals surface area contributed by atoms with Crippen LogP contribution in [0.2, 0.25) is 0 Å². The van der Waals surface area contributed by atoms with Crippen LogP contribution in [0.5, 0.6) is 11.5 Å². The topological polar surface area (TPSA) is 68.2 Å². The zero-order chi connectivity index (χ0) is 24.7. The fraction of sp³-hybridized carbons (Fsp3) is 0.107. The molecule has 0 saturated heterocycles. The van der Waals surface area contributed by atoms with Crippen molar-refractivity contribution >= 4 is 27.6 Å². The Kier molecular flexibility index (Phi) is 7.48. The van der Waals surface area contributed by atoms with Crippen LogP contribution in [0.15, 0.2) is 113 Å². The fourth-order valence-corrected chi connectivity index (χ4v) is 5.05. The lowest BCUT2D eigenvalue weighted by Gasteiger charge is -2.25. The van der Waals surface area contributed by atoms with E-state index in [0.29, 0.717) is 22.9 Å². The van der Waals surface area contributed by atoms with Crippen molar-refractivity contribution in [3.8, 4) is 11.5 Å². The van der Waals surface area contributed by atoms with E-state index >= 15 is 0 Å². The first-order chi connectivity index (χ1) is 17.0. The second-order valence-corrected chi connectivity index (χ2v) is 9.56. The van der Waals surface area contributed by atoms with E-state index < -0.39 is 10.0 Å². The molecule has 0 aliphatic heterocycles. The number of ether oxygens (including phenoxy) is 2. The Morgan fingerprint density at radius 3 is 2.09 bits per heavy atom. The number of aliphatic imine (C=N–C) groups is 1. The Labute approximate surface area is 206 Å². The van der Waals surface area contributed by atoms with Crippen LogP contribution < -0.4 is 13.8 Å². The van der Waals surface area contributed by atoms with Gasteiger partial charge >= 0.3 is 0 Å². The van der Waals surface area contributed by atoms with Crippen LogP contribution in [0.25, 0.3) is 0 Å². The van der Waals surface area contributed by atoms with Gasteiger partial charge in [0.15, 0.2) is 0 Å². The molecule has 0 unspecified atom stereocenters. The summed E-state index contributed by atoms with van der Waals surface area (Å²) in [6.07, 6.45) is 1.69. The lowest BCUT2D eigenvalue weighted by molar-refractivity contribution is 0.402. The van der Waals surface area contributed by atoms with E-state index in [2.05, 4.69) is 4.99 Å². The molecule has 6 nitrogen and oxygen atoms in total. The van der Waals surface area contributed by atoms with Crippen molar-refractivity contribution in [1.82, 2.24) is 0 Å². The Morgan fingerprint density at radius 2 is 1.46 bits per heavy atom. The monoisotopic (exact) mass is 486 g/mol. The van der Waals surface area contributed by atoms with E-state index in [1.165, 1.54) is 4.31 Å². The van der Waals surface area contributed by atoms with Gasteiger partial charge in [-0.1, -0.05) is 48.5 Å². The van der Waals surface area contributed by atoms with Crippen molar-refractivity contribution in [2.45, 2.75) is 11.4 Å². The molecule has 0 heterocycles. The highest BCUT2D eigenvalue weighted by atomic mass is 32.2. The molecule has 0 aliphatic carbocycles. The number of sulfonamides is 1. The Balaban J connectivity index is 1.65. The van der Waals surface area contributed by atoms with Gasteiger partial charge in [0.1, 0.15) is 11.5 Å². The van der Waals surface area contributed by atoms with Gasteiger partial charge in [0.05, 0.1) is 37.0 Å². The summed E-state index contributed by atoms with van der Waals surface area (Å²) < 4.78 is 39.2. The van der Waals surface area contributed by atoms with Crippen LogP contribution in [0, 0.1) is 0 Å². The second kappa shape index (κ2) is 10.9. The van der Waals surface area contributed by atoms with Gasteiger partial charge in [-0.2, -0.15) is 0 Å². The molecule has 0 N–H and O–H groups in total. The fourth-order valence-electron chi connectivity index (χ4n) is 3.57. The quantitative estimate of drug-likeness (QED) is 0.278. The highest BCUT2D eigenvalue weighted by Crippen LogP contribution is 2.28. The normalized spacial score (nSPS) is 11.4. The Hall–Kier alpha value is -4.10. The van der Waals surface area contributed by atoms with Gasteiger partial charge in [-0.3, -0.25) is 9.30 Å². The molecule has 0 atom stereocenters. The summed E-state index contributed by atoms with van der Waals surface area (Å²) in [6.45, 7) is 0.210. The summed E-state index contributed by atoms with van der Waals surface area (Å²) in [5.74, 6) is 1.37. The maximum Gasteiger partial charge on any atom is 0.264 e. The van der Waals surface area contributed by atoms with Gasteiger partial charge in [0.25, 0.3) is 10.0 Å². The largest absolute Gasteiger partial charge is 0.497 e. The summed E-state index contributed by atoms with van der Waals surface area (Å²) in [5.41, 5.74) is 2.89. The number of methoxy groups -OCH3 is 2. The van der Waals surface area contributed by atoms with Gasteiger partial charge in [-0.15, -0.1) is 0 Å². The van der Waals surface area contributed by atoms with E-state index in [1.54, 1.807) is 75.0 Å². The minimum absolute atomic E-state index is 0.210. The van der Waals surface area contributed by atoms with Crippen molar-refractivity contribution in [3.05, 3.63) is 114 Å². The summed E-state index contributed by atoms with van der Waals surface area (Å²) in [6, 6.07) is 30.5. The number of rotatable bonds is 9. The average molecular weight is 487 g/mol. The van der Waals surface area contributed by atoms with E-state index in [9.17, 15) is 8.42 Å². The molecule has 178 valence electrons. The van der Waals surface area contributed by atoms with Crippen LogP contribution >= 0.6 is 0 Å². The number of hydrogen-bond acceptors (Lipinski definition) is 5. The molecule has 0 aliphatic rings. The highest BCUT2D eigenvalue weighted by Gasteiger charge is 2.25. The summed E-state index contributed by atoms with van der Waals surface area (Å²) in [7, 11) is -0.570. The SMILES string of the molecule is COc1ccc(OC)c(C=Nc2ccc(N(Cc3ccccc3)S(=O)(=O)c3ccccc3)cc2)c1. The smallest absolute Gasteiger partial charge is 0.264 e. The third-order valence-electron chi connectivity index (χ3n) is 5.43. The minimum Gasteiger partial charge on any atom is -0.497 e. The van der Waals surface area contributed by atoms with Crippen molar-refractivity contribution in [1.29, 1.82) is 0 Å². The maximum absolute atomic E-state index is 13.5. The Morgan fingerprint density at radius 1 is 0.800 bits per heavy atom. The first-order valence-corrected chi connectivity index (χ1v) is 12.4. The molecule has 0 saturated carbocycles. The van der Waals surface area contributed by atoms with Crippen LogP contribution in [0.4, 0.5) is 11.4 Å². The third-order valence-corrected chi connectivity index (χ3v) is 7.22. The summed E-state index contributed by atoms with van der Waals surface area (Å²) in [4.78, 5) is 4.78. The van der Waals surface area contributed by atoms with E-state index in [4.69, 9.17) is 9.47 Å². The lowest BCUT2D eigenvalue weighted by Crippen LogP contribution is -2.30. The zero-order valence-corrected chi connectivity index (χ0v) is 20.4. The molecular weight excluding hydrogens is 460 g/mol. The molecule has 4 aromatic carbocycles. The van der Waals surface area contributed by atoms with Gasteiger partial charge < -0.3 is 9.47 Å². The first-order valence-electron chi connectivity index (χ1n) is 11.0. The third kappa shape index (κ3) is 5.70. The first kappa shape index (κ1) is 24.0. The predicted molar refractivity (Wildman–Crippen MR) is 139 cm³/mol. The van der Waals surface area contributed by atoms with Gasteiger partial charge in [-0.05, 0) is 60.2 Å². The van der Waals surface area contributed by atoms with E-state index in [1.807, 2.05) is 48.5 Å². The number of hydrogen-bond donors (Lipinski definition) is 0. The van der Waals surface area contributed by atoms with Crippen molar-refractivity contribution in [2.24, 2.45) is 4.99 Å². The van der Waals surface area contributed by atoms with Crippen molar-refractivity contribution in [2.75, 3.05) is 18.5 Å². The van der Waals surface area contributed by atoms with E-state index in [0.717, 1.165) is 11.1 Å². The predicted octanol–water partition coefficient (Wildman–Crippen LogP) is 5.85. The molecule has 4 aromatic rings. The molecule has 0 fully saturated rings. The van der Waals surface area contributed by atoms with Crippen molar-refractivity contribution < 1.29 is 17.9 Å². The molecule has 0 aromatic heterocycles. The lowest BCUT2D eigenvalue weighted by atomic mass is 10.2. The molecule has 4 rings (SSSR count). The summed E-state index contributed by atoms with van der Waals surface area (Å²) in [5, 5.41) is 0.